The van der Waals surface area contributed by atoms with Crippen molar-refractivity contribution < 1.29 is 24.2 Å². The zero-order valence-electron chi connectivity index (χ0n) is 18.7. The van der Waals surface area contributed by atoms with Gasteiger partial charge in [-0.3, -0.25) is 15.6 Å². The maximum Gasteiger partial charge on any atom is 0.335 e. The van der Waals surface area contributed by atoms with Gasteiger partial charge in [0, 0.05) is 49.8 Å². The molecule has 2 saturated heterocycles. The molecule has 0 aromatic heterocycles. The number of benzene rings is 2. The maximum atomic E-state index is 12.0. The number of carbonyl (C=O) groups is 2. The highest BCUT2D eigenvalue weighted by molar-refractivity contribution is 8.26. The van der Waals surface area contributed by atoms with Crippen LogP contribution in [0.25, 0.3) is 0 Å². The van der Waals surface area contributed by atoms with Crippen molar-refractivity contribution in [2.24, 2.45) is 5.92 Å². The van der Waals surface area contributed by atoms with Crippen molar-refractivity contribution in [1.82, 2.24) is 4.90 Å². The number of carboxylic acid groups (broad SMARTS) is 1. The summed E-state index contributed by atoms with van der Waals surface area (Å²) in [5.74, 6) is 0.0567. The third-order valence-corrected chi connectivity index (χ3v) is 6.99. The molecule has 2 fully saturated rings. The standard InChI is InChI=1S/C25H27N3O5S/c26-23(34-24(27)17-9-12-32-13-10-17)16-5-7-20(8-6-16)33-21-14-18(25(30)31)3-4-19(21)15-28-11-1-2-22(28)29/h3-8,14,17,26-27H,1-2,9-13,15H2,(H,30,31). The number of likely N-dealkylation sites (tertiary alicyclic amines) is 1. The predicted octanol–water partition coefficient (Wildman–Crippen LogP) is 4.76. The van der Waals surface area contributed by atoms with Gasteiger partial charge in [-0.1, -0.05) is 17.8 Å². The van der Waals surface area contributed by atoms with Gasteiger partial charge in [-0.05, 0) is 55.7 Å². The van der Waals surface area contributed by atoms with Gasteiger partial charge < -0.3 is 19.5 Å². The molecule has 0 aliphatic carbocycles. The summed E-state index contributed by atoms with van der Waals surface area (Å²) >= 11 is 1.16. The zero-order valence-corrected chi connectivity index (χ0v) is 19.5. The van der Waals surface area contributed by atoms with Gasteiger partial charge in [0.15, 0.2) is 0 Å². The Morgan fingerprint density at radius 1 is 1.12 bits per heavy atom. The fourth-order valence-electron chi connectivity index (χ4n) is 4.00. The number of nitrogens with one attached hydrogen (secondary N) is 2. The summed E-state index contributed by atoms with van der Waals surface area (Å²) in [7, 11) is 0. The lowest BCUT2D eigenvalue weighted by molar-refractivity contribution is -0.128. The summed E-state index contributed by atoms with van der Waals surface area (Å²) in [6.45, 7) is 2.35. The third-order valence-electron chi connectivity index (χ3n) is 6.00. The van der Waals surface area contributed by atoms with E-state index in [4.69, 9.17) is 20.3 Å². The topological polar surface area (TPSA) is 124 Å². The molecular weight excluding hydrogens is 454 g/mol. The van der Waals surface area contributed by atoms with Gasteiger partial charge >= 0.3 is 5.97 Å². The molecule has 178 valence electrons. The molecule has 0 atom stereocenters. The van der Waals surface area contributed by atoms with Gasteiger partial charge in [0.2, 0.25) is 5.91 Å². The molecule has 0 unspecified atom stereocenters. The number of carboxylic acids is 1. The molecule has 34 heavy (non-hydrogen) atoms. The van der Waals surface area contributed by atoms with Crippen LogP contribution >= 0.6 is 11.8 Å². The van der Waals surface area contributed by atoms with Crippen LogP contribution in [0.5, 0.6) is 11.5 Å². The molecule has 8 nitrogen and oxygen atoms in total. The second-order valence-electron chi connectivity index (χ2n) is 8.36. The summed E-state index contributed by atoms with van der Waals surface area (Å²) in [6, 6.07) is 11.6. The molecule has 4 rings (SSSR count). The Balaban J connectivity index is 1.46. The molecule has 3 N–H and O–H groups in total. The van der Waals surface area contributed by atoms with Crippen molar-refractivity contribution in [3.05, 3.63) is 59.2 Å². The van der Waals surface area contributed by atoms with E-state index in [1.54, 1.807) is 35.2 Å². The summed E-state index contributed by atoms with van der Waals surface area (Å²) in [6.07, 6.45) is 2.97. The molecule has 2 aromatic rings. The van der Waals surface area contributed by atoms with E-state index in [2.05, 4.69) is 0 Å². The highest BCUT2D eigenvalue weighted by Gasteiger charge is 2.23. The first-order valence-corrected chi connectivity index (χ1v) is 12.1. The lowest BCUT2D eigenvalue weighted by atomic mass is 10.0. The van der Waals surface area contributed by atoms with Gasteiger partial charge in [-0.2, -0.15) is 0 Å². The molecule has 2 aliphatic rings. The van der Waals surface area contributed by atoms with Crippen LogP contribution < -0.4 is 4.74 Å². The fourth-order valence-corrected chi connectivity index (χ4v) is 4.88. The molecule has 0 radical (unpaired) electrons. The van der Waals surface area contributed by atoms with E-state index in [1.165, 1.54) is 12.1 Å². The van der Waals surface area contributed by atoms with E-state index in [1.807, 2.05) is 0 Å². The van der Waals surface area contributed by atoms with E-state index < -0.39 is 5.97 Å². The Kier molecular flexibility index (Phi) is 7.64. The molecule has 2 aromatic carbocycles. The van der Waals surface area contributed by atoms with Gasteiger partial charge in [0.25, 0.3) is 0 Å². The zero-order chi connectivity index (χ0) is 24.1. The minimum Gasteiger partial charge on any atom is -0.478 e. The third kappa shape index (κ3) is 5.84. The van der Waals surface area contributed by atoms with Crippen molar-refractivity contribution in [2.45, 2.75) is 32.2 Å². The predicted molar refractivity (Wildman–Crippen MR) is 130 cm³/mol. The van der Waals surface area contributed by atoms with E-state index in [9.17, 15) is 14.7 Å². The van der Waals surface area contributed by atoms with Crippen LogP contribution in [-0.4, -0.2) is 51.7 Å². The average Bonchev–Trinajstić information content (AvgIpc) is 3.25. The van der Waals surface area contributed by atoms with E-state index >= 15 is 0 Å². The number of hydrogen-bond donors (Lipinski definition) is 3. The molecule has 2 heterocycles. The highest BCUT2D eigenvalue weighted by atomic mass is 32.2. The second kappa shape index (κ2) is 10.8. The van der Waals surface area contributed by atoms with Crippen LogP contribution in [-0.2, 0) is 16.1 Å². The number of rotatable bonds is 7. The van der Waals surface area contributed by atoms with Crippen molar-refractivity contribution in [1.29, 1.82) is 10.8 Å². The van der Waals surface area contributed by atoms with E-state index in [0.717, 1.165) is 36.6 Å². The van der Waals surface area contributed by atoms with Crippen molar-refractivity contribution in [3.8, 4) is 11.5 Å². The fraction of sp³-hybridized carbons (Fsp3) is 0.360. The number of hydrogen-bond acceptors (Lipinski definition) is 7. The number of ether oxygens (including phenoxy) is 2. The number of carbonyl (C=O) groups excluding carboxylic acids is 1. The Morgan fingerprint density at radius 2 is 1.82 bits per heavy atom. The second-order valence-corrected chi connectivity index (χ2v) is 9.41. The highest BCUT2D eigenvalue weighted by Crippen LogP contribution is 2.30. The van der Waals surface area contributed by atoms with Crippen molar-refractivity contribution >= 4 is 33.7 Å². The Morgan fingerprint density at radius 3 is 2.47 bits per heavy atom. The van der Waals surface area contributed by atoms with Crippen molar-refractivity contribution in [3.63, 3.8) is 0 Å². The summed E-state index contributed by atoms with van der Waals surface area (Å²) in [4.78, 5) is 25.3. The molecule has 0 bridgehead atoms. The summed E-state index contributed by atoms with van der Waals surface area (Å²) < 4.78 is 11.4. The van der Waals surface area contributed by atoms with Gasteiger partial charge in [0.1, 0.15) is 16.5 Å². The smallest absolute Gasteiger partial charge is 0.335 e. The molecular formula is C25H27N3O5S. The monoisotopic (exact) mass is 481 g/mol. The van der Waals surface area contributed by atoms with Gasteiger partial charge in [-0.15, -0.1) is 0 Å². The summed E-state index contributed by atoms with van der Waals surface area (Å²) in [5.41, 5.74) is 1.52. The maximum absolute atomic E-state index is 12.0. The van der Waals surface area contributed by atoms with Gasteiger partial charge in [-0.25, -0.2) is 4.79 Å². The number of aromatic carboxylic acids is 1. The lowest BCUT2D eigenvalue weighted by Crippen LogP contribution is -2.24. The SMILES string of the molecule is N=C(SC(=N)C1CCOCC1)c1ccc(Oc2cc(C(=O)O)ccc2CN2CCCC2=O)cc1. The molecule has 2 aliphatic heterocycles. The van der Waals surface area contributed by atoms with Crippen LogP contribution in [0.3, 0.4) is 0 Å². The lowest BCUT2D eigenvalue weighted by Gasteiger charge is -2.22. The van der Waals surface area contributed by atoms with Crippen LogP contribution in [0.1, 0.15) is 47.2 Å². The van der Waals surface area contributed by atoms with E-state index in [-0.39, 0.29) is 17.4 Å². The Labute approximate surface area is 202 Å². The number of nitrogens with zero attached hydrogens (tertiary/aromatic N) is 1. The largest absolute Gasteiger partial charge is 0.478 e. The number of thioether (sulfide) groups is 1. The minimum absolute atomic E-state index is 0.0833. The van der Waals surface area contributed by atoms with Gasteiger partial charge in [0.05, 0.1) is 10.6 Å². The first kappa shape index (κ1) is 24.0. The Bertz CT molecular complexity index is 1100. The first-order chi connectivity index (χ1) is 16.4. The molecule has 1 amide bonds. The van der Waals surface area contributed by atoms with Crippen molar-refractivity contribution in [2.75, 3.05) is 19.8 Å². The normalized spacial score (nSPS) is 16.5. The molecule has 0 saturated carbocycles. The molecule has 0 spiro atoms. The first-order valence-electron chi connectivity index (χ1n) is 11.3. The van der Waals surface area contributed by atoms with E-state index in [0.29, 0.717) is 59.9 Å². The molecule has 9 heteroatoms. The Hall–Kier alpha value is -3.17. The average molecular weight is 482 g/mol. The quantitative estimate of drug-likeness (QED) is 0.387. The number of amides is 1. The van der Waals surface area contributed by atoms with Crippen LogP contribution in [0.15, 0.2) is 42.5 Å². The van der Waals surface area contributed by atoms with Crippen LogP contribution in [0.2, 0.25) is 0 Å². The summed E-state index contributed by atoms with van der Waals surface area (Å²) in [5, 5.41) is 26.8. The minimum atomic E-state index is -1.05. The van der Waals surface area contributed by atoms with Crippen LogP contribution in [0.4, 0.5) is 0 Å². The van der Waals surface area contributed by atoms with Crippen LogP contribution in [0, 0.1) is 16.7 Å².